The Hall–Kier alpha value is -1.23. The van der Waals surface area contributed by atoms with Crippen molar-refractivity contribution < 1.29 is 14.3 Å². The lowest BCUT2D eigenvalue weighted by Crippen LogP contribution is -2.50. The smallest absolute Gasteiger partial charge is 0.410 e. The Morgan fingerprint density at radius 3 is 2.50 bits per heavy atom. The average Bonchev–Trinajstić information content (AvgIpc) is 2.26. The van der Waals surface area contributed by atoms with Crippen LogP contribution in [0.2, 0.25) is 0 Å². The van der Waals surface area contributed by atoms with E-state index in [1.807, 2.05) is 39.0 Å². The fourth-order valence-corrected chi connectivity index (χ4v) is 2.80. The molecule has 4 nitrogen and oxygen atoms in total. The molecule has 0 saturated carbocycles. The van der Waals surface area contributed by atoms with Gasteiger partial charge in [-0.25, -0.2) is 4.79 Å². The number of likely N-dealkylation sites (tertiary alicyclic amines) is 1. The van der Waals surface area contributed by atoms with E-state index < -0.39 is 5.60 Å². The Kier molecular flexibility index (Phi) is 4.28. The standard InChI is InChI=1S/C15H20BrNO3/c1-15(2,3)20-14(18)17-8-10(9-17)12-6-5-11(19-4)7-13(12)16/h5-7,10H,8-9H2,1-4H3. The van der Waals surface area contributed by atoms with E-state index in [0.717, 1.165) is 10.2 Å². The average molecular weight is 342 g/mol. The molecule has 5 heteroatoms. The van der Waals surface area contributed by atoms with E-state index in [1.54, 1.807) is 12.0 Å². The lowest BCUT2D eigenvalue weighted by Gasteiger charge is -2.40. The maximum absolute atomic E-state index is 11.9. The van der Waals surface area contributed by atoms with Gasteiger partial charge in [-0.2, -0.15) is 0 Å². The van der Waals surface area contributed by atoms with Crippen molar-refractivity contribution in [1.29, 1.82) is 0 Å². The van der Waals surface area contributed by atoms with Crippen LogP contribution in [-0.2, 0) is 4.74 Å². The van der Waals surface area contributed by atoms with E-state index >= 15 is 0 Å². The second-order valence-electron chi connectivity index (χ2n) is 5.97. The number of nitrogens with zero attached hydrogens (tertiary/aromatic N) is 1. The van der Waals surface area contributed by atoms with Crippen molar-refractivity contribution in [3.8, 4) is 5.75 Å². The van der Waals surface area contributed by atoms with Crippen LogP contribution in [-0.4, -0.2) is 36.8 Å². The fraction of sp³-hybridized carbons (Fsp3) is 0.533. The van der Waals surface area contributed by atoms with E-state index in [-0.39, 0.29) is 6.09 Å². The predicted molar refractivity (Wildman–Crippen MR) is 81.2 cm³/mol. The largest absolute Gasteiger partial charge is 0.497 e. The summed E-state index contributed by atoms with van der Waals surface area (Å²) >= 11 is 3.55. The van der Waals surface area contributed by atoms with Gasteiger partial charge in [-0.15, -0.1) is 0 Å². The second-order valence-corrected chi connectivity index (χ2v) is 6.82. The molecule has 0 unspecified atom stereocenters. The Balaban J connectivity index is 1.95. The molecule has 1 aliphatic heterocycles. The number of carbonyl (C=O) groups is 1. The van der Waals surface area contributed by atoms with Gasteiger partial charge >= 0.3 is 6.09 Å². The van der Waals surface area contributed by atoms with Crippen molar-refractivity contribution in [2.75, 3.05) is 20.2 Å². The summed E-state index contributed by atoms with van der Waals surface area (Å²) in [6.07, 6.45) is -0.238. The highest BCUT2D eigenvalue weighted by atomic mass is 79.9. The van der Waals surface area contributed by atoms with Gasteiger partial charge in [0.1, 0.15) is 11.4 Å². The van der Waals surface area contributed by atoms with Crippen LogP contribution in [0.25, 0.3) is 0 Å². The molecular weight excluding hydrogens is 322 g/mol. The summed E-state index contributed by atoms with van der Waals surface area (Å²) in [5, 5.41) is 0. The molecule has 110 valence electrons. The highest BCUT2D eigenvalue weighted by Crippen LogP contribution is 2.34. The number of methoxy groups -OCH3 is 1. The van der Waals surface area contributed by atoms with E-state index in [2.05, 4.69) is 15.9 Å². The number of benzene rings is 1. The molecule has 1 amide bonds. The van der Waals surface area contributed by atoms with Crippen LogP contribution in [0.4, 0.5) is 4.79 Å². The van der Waals surface area contributed by atoms with Gasteiger partial charge in [0.15, 0.2) is 0 Å². The van der Waals surface area contributed by atoms with Crippen molar-refractivity contribution in [2.45, 2.75) is 32.3 Å². The molecule has 0 radical (unpaired) electrons. The van der Waals surface area contributed by atoms with Crippen LogP contribution >= 0.6 is 15.9 Å². The lowest BCUT2D eigenvalue weighted by atomic mass is 9.92. The van der Waals surface area contributed by atoms with Gasteiger partial charge in [-0.1, -0.05) is 22.0 Å². The molecule has 2 rings (SSSR count). The SMILES string of the molecule is COc1ccc(C2CN(C(=O)OC(C)(C)C)C2)c(Br)c1. The lowest BCUT2D eigenvalue weighted by molar-refractivity contribution is 0.00813. The van der Waals surface area contributed by atoms with Crippen molar-refractivity contribution in [2.24, 2.45) is 0 Å². The van der Waals surface area contributed by atoms with Crippen molar-refractivity contribution in [3.05, 3.63) is 28.2 Å². The monoisotopic (exact) mass is 341 g/mol. The number of ether oxygens (including phenoxy) is 2. The van der Waals surface area contributed by atoms with Crippen molar-refractivity contribution in [3.63, 3.8) is 0 Å². The Morgan fingerprint density at radius 2 is 2.00 bits per heavy atom. The topological polar surface area (TPSA) is 38.8 Å². The molecular formula is C15H20BrNO3. The first-order chi connectivity index (χ1) is 9.30. The zero-order valence-corrected chi connectivity index (χ0v) is 13.9. The van der Waals surface area contributed by atoms with Crippen LogP contribution in [0, 0.1) is 0 Å². The van der Waals surface area contributed by atoms with Gasteiger partial charge < -0.3 is 14.4 Å². The first kappa shape index (κ1) is 15.2. The zero-order valence-electron chi connectivity index (χ0n) is 12.3. The number of amides is 1. The minimum atomic E-state index is -0.442. The van der Waals surface area contributed by atoms with Gasteiger partial charge in [-0.05, 0) is 38.5 Å². The Bertz CT molecular complexity index is 504. The third kappa shape index (κ3) is 3.45. The first-order valence-corrected chi connectivity index (χ1v) is 7.41. The highest BCUT2D eigenvalue weighted by molar-refractivity contribution is 9.10. The molecule has 0 aliphatic carbocycles. The van der Waals surface area contributed by atoms with Crippen molar-refractivity contribution in [1.82, 2.24) is 4.90 Å². The quantitative estimate of drug-likeness (QED) is 0.821. The van der Waals surface area contributed by atoms with Gasteiger partial charge in [-0.3, -0.25) is 0 Å². The van der Waals surface area contributed by atoms with E-state index in [1.165, 1.54) is 5.56 Å². The maximum atomic E-state index is 11.9. The molecule has 1 aliphatic rings. The minimum Gasteiger partial charge on any atom is -0.497 e. The first-order valence-electron chi connectivity index (χ1n) is 6.61. The molecule has 0 atom stereocenters. The summed E-state index contributed by atoms with van der Waals surface area (Å²) in [4.78, 5) is 13.6. The molecule has 20 heavy (non-hydrogen) atoms. The molecule has 1 heterocycles. The van der Waals surface area contributed by atoms with E-state index in [4.69, 9.17) is 9.47 Å². The minimum absolute atomic E-state index is 0.238. The number of halogens is 1. The van der Waals surface area contributed by atoms with Gasteiger partial charge in [0.05, 0.1) is 7.11 Å². The summed E-state index contributed by atoms with van der Waals surface area (Å²) in [6.45, 7) is 7.02. The molecule has 0 N–H and O–H groups in total. The zero-order chi connectivity index (χ0) is 14.9. The Morgan fingerprint density at radius 1 is 1.35 bits per heavy atom. The summed E-state index contributed by atoms with van der Waals surface area (Å²) in [6, 6.07) is 5.93. The van der Waals surface area contributed by atoms with Gasteiger partial charge in [0.25, 0.3) is 0 Å². The number of rotatable bonds is 2. The normalized spacial score (nSPS) is 15.8. The third-order valence-corrected chi connectivity index (χ3v) is 3.87. The third-order valence-electron chi connectivity index (χ3n) is 3.18. The summed E-state index contributed by atoms with van der Waals surface area (Å²) in [7, 11) is 1.65. The fourth-order valence-electron chi connectivity index (χ4n) is 2.12. The van der Waals surface area contributed by atoms with Crippen LogP contribution in [0.15, 0.2) is 22.7 Å². The molecule has 0 aromatic heterocycles. The summed E-state index contributed by atoms with van der Waals surface area (Å²) in [5.74, 6) is 1.17. The number of hydrogen-bond donors (Lipinski definition) is 0. The molecule has 1 aromatic rings. The second kappa shape index (κ2) is 5.64. The van der Waals surface area contributed by atoms with Crippen molar-refractivity contribution >= 4 is 22.0 Å². The number of carbonyl (C=O) groups excluding carboxylic acids is 1. The van der Waals surface area contributed by atoms with Gasteiger partial charge in [0, 0.05) is 23.5 Å². The van der Waals surface area contributed by atoms with Crippen LogP contribution in [0.5, 0.6) is 5.75 Å². The van der Waals surface area contributed by atoms with Gasteiger partial charge in [0.2, 0.25) is 0 Å². The molecule has 1 aromatic carbocycles. The maximum Gasteiger partial charge on any atom is 0.410 e. The van der Waals surface area contributed by atoms with Crippen LogP contribution in [0.3, 0.4) is 0 Å². The molecule has 1 saturated heterocycles. The van der Waals surface area contributed by atoms with E-state index in [0.29, 0.717) is 19.0 Å². The van der Waals surface area contributed by atoms with Crippen LogP contribution < -0.4 is 4.74 Å². The predicted octanol–water partition coefficient (Wildman–Crippen LogP) is 3.79. The Labute approximate surface area is 128 Å². The summed E-state index contributed by atoms with van der Waals surface area (Å²) < 4.78 is 11.5. The molecule has 0 spiro atoms. The van der Waals surface area contributed by atoms with E-state index in [9.17, 15) is 4.79 Å². The molecule has 0 bridgehead atoms. The number of hydrogen-bond acceptors (Lipinski definition) is 3. The molecule has 1 fully saturated rings. The summed E-state index contributed by atoms with van der Waals surface area (Å²) in [5.41, 5.74) is 0.758. The highest BCUT2D eigenvalue weighted by Gasteiger charge is 2.35. The van der Waals surface area contributed by atoms with Crippen LogP contribution in [0.1, 0.15) is 32.3 Å².